The van der Waals surface area contributed by atoms with Crippen molar-refractivity contribution in [2.45, 2.75) is 58.4 Å². The lowest BCUT2D eigenvalue weighted by molar-refractivity contribution is -0.126. The van der Waals surface area contributed by atoms with Gasteiger partial charge in [-0.3, -0.25) is 9.59 Å². The van der Waals surface area contributed by atoms with Crippen LogP contribution in [0.5, 0.6) is 0 Å². The van der Waals surface area contributed by atoms with Gasteiger partial charge in [-0.25, -0.2) is 0 Å². The van der Waals surface area contributed by atoms with Crippen LogP contribution in [-0.2, 0) is 9.59 Å². The lowest BCUT2D eigenvalue weighted by atomic mass is 9.88. The van der Waals surface area contributed by atoms with Gasteiger partial charge in [-0.1, -0.05) is 35.2 Å². The fourth-order valence-corrected chi connectivity index (χ4v) is 3.69. The zero-order valence-corrected chi connectivity index (χ0v) is 15.9. The number of halogens is 1. The minimum Gasteiger partial charge on any atom is -0.397 e. The molecule has 2 amide bonds. The van der Waals surface area contributed by atoms with Crippen LogP contribution in [-0.4, -0.2) is 17.9 Å². The zero-order valence-electron chi connectivity index (χ0n) is 14.3. The lowest BCUT2D eigenvalue weighted by Crippen LogP contribution is -2.39. The van der Waals surface area contributed by atoms with Crippen molar-refractivity contribution in [3.8, 4) is 0 Å². The van der Waals surface area contributed by atoms with Crippen molar-refractivity contribution in [1.29, 1.82) is 0 Å². The van der Waals surface area contributed by atoms with Gasteiger partial charge in [0, 0.05) is 22.9 Å². The summed E-state index contributed by atoms with van der Waals surface area (Å²) in [5.74, 6) is 0.0242. The molecule has 0 radical (unpaired) electrons. The van der Waals surface area contributed by atoms with Crippen LogP contribution < -0.4 is 16.4 Å². The van der Waals surface area contributed by atoms with Crippen molar-refractivity contribution in [2.75, 3.05) is 11.1 Å². The van der Waals surface area contributed by atoms with E-state index in [2.05, 4.69) is 26.6 Å². The first-order chi connectivity index (χ1) is 11.4. The first kappa shape index (κ1) is 18.8. The van der Waals surface area contributed by atoms with E-state index in [1.807, 2.05) is 19.9 Å². The fraction of sp³-hybridized carbons (Fsp3) is 0.556. The minimum atomic E-state index is -0.200. The van der Waals surface area contributed by atoms with E-state index in [9.17, 15) is 9.59 Å². The van der Waals surface area contributed by atoms with Crippen molar-refractivity contribution < 1.29 is 9.59 Å². The normalized spacial score (nSPS) is 16.5. The highest BCUT2D eigenvalue weighted by atomic mass is 79.9. The summed E-state index contributed by atoms with van der Waals surface area (Å²) < 4.78 is 0.864. The van der Waals surface area contributed by atoms with E-state index in [1.165, 1.54) is 6.42 Å². The van der Waals surface area contributed by atoms with Gasteiger partial charge in [-0.15, -0.1) is 0 Å². The Morgan fingerprint density at radius 1 is 1.29 bits per heavy atom. The summed E-state index contributed by atoms with van der Waals surface area (Å²) in [4.78, 5) is 24.4. The van der Waals surface area contributed by atoms with Crippen LogP contribution in [0, 0.1) is 12.8 Å². The molecule has 4 N–H and O–H groups in total. The number of nitrogens with one attached hydrogen (secondary N) is 2. The smallest absolute Gasteiger partial charge is 0.226 e. The Balaban J connectivity index is 1.86. The van der Waals surface area contributed by atoms with E-state index < -0.39 is 0 Å². The van der Waals surface area contributed by atoms with E-state index in [0.29, 0.717) is 11.4 Å². The van der Waals surface area contributed by atoms with Gasteiger partial charge >= 0.3 is 0 Å². The van der Waals surface area contributed by atoms with Crippen LogP contribution in [0.2, 0.25) is 0 Å². The standard InChI is InChI=1S/C18H26BrN3O2/c1-11-8-14(19)10-15(17(11)20)22-16(23)9-12(2)21-18(24)13-6-4-3-5-7-13/h8,10,12-13H,3-7,9,20H2,1-2H3,(H,21,24)(H,22,23). The van der Waals surface area contributed by atoms with Crippen molar-refractivity contribution >= 4 is 39.1 Å². The highest BCUT2D eigenvalue weighted by molar-refractivity contribution is 9.10. The average molecular weight is 396 g/mol. The first-order valence-electron chi connectivity index (χ1n) is 8.52. The fourth-order valence-electron chi connectivity index (χ4n) is 3.11. The number of amides is 2. The molecule has 0 saturated heterocycles. The number of hydrogen-bond donors (Lipinski definition) is 3. The minimum absolute atomic E-state index is 0.0767. The van der Waals surface area contributed by atoms with Crippen molar-refractivity contribution in [3.05, 3.63) is 22.2 Å². The largest absolute Gasteiger partial charge is 0.397 e. The predicted octanol–water partition coefficient (Wildman–Crippen LogP) is 3.75. The van der Waals surface area contributed by atoms with Gasteiger partial charge in [0.25, 0.3) is 0 Å². The summed E-state index contributed by atoms with van der Waals surface area (Å²) in [5.41, 5.74) is 8.06. The molecule has 0 aliphatic heterocycles. The van der Waals surface area contributed by atoms with Crippen LogP contribution in [0.25, 0.3) is 0 Å². The number of nitrogens with two attached hydrogens (primary N) is 1. The third-order valence-electron chi connectivity index (χ3n) is 4.48. The van der Waals surface area contributed by atoms with Crippen molar-refractivity contribution in [1.82, 2.24) is 5.32 Å². The second kappa shape index (κ2) is 8.51. The summed E-state index contributed by atoms with van der Waals surface area (Å²) >= 11 is 3.40. The number of carbonyl (C=O) groups excluding carboxylic acids is 2. The number of carbonyl (C=O) groups is 2. The molecule has 1 aromatic carbocycles. The van der Waals surface area contributed by atoms with Crippen LogP contribution in [0.4, 0.5) is 11.4 Å². The molecule has 2 rings (SSSR count). The quantitative estimate of drug-likeness (QED) is 0.663. The molecule has 1 unspecified atom stereocenters. The molecule has 0 heterocycles. The Morgan fingerprint density at radius 3 is 2.62 bits per heavy atom. The molecule has 0 aromatic heterocycles. The maximum atomic E-state index is 12.2. The van der Waals surface area contributed by atoms with E-state index in [-0.39, 0.29) is 30.2 Å². The number of nitrogen functional groups attached to an aromatic ring is 1. The van der Waals surface area contributed by atoms with Crippen LogP contribution in [0.15, 0.2) is 16.6 Å². The Bertz CT molecular complexity index is 613. The molecule has 1 aromatic rings. The van der Waals surface area contributed by atoms with Gasteiger partial charge in [0.15, 0.2) is 0 Å². The number of benzene rings is 1. The monoisotopic (exact) mass is 395 g/mol. The summed E-state index contributed by atoms with van der Waals surface area (Å²) in [5, 5.41) is 5.79. The topological polar surface area (TPSA) is 84.2 Å². The molecule has 0 bridgehead atoms. The van der Waals surface area contributed by atoms with Gasteiger partial charge in [-0.2, -0.15) is 0 Å². The third kappa shape index (κ3) is 5.23. The third-order valence-corrected chi connectivity index (χ3v) is 4.94. The van der Waals surface area contributed by atoms with E-state index in [4.69, 9.17) is 5.73 Å². The first-order valence-corrected chi connectivity index (χ1v) is 9.32. The molecule has 1 atom stereocenters. The van der Waals surface area contributed by atoms with E-state index >= 15 is 0 Å². The molecule has 1 fully saturated rings. The predicted molar refractivity (Wildman–Crippen MR) is 101 cm³/mol. The molecule has 1 aliphatic carbocycles. The lowest BCUT2D eigenvalue weighted by Gasteiger charge is -2.23. The number of rotatable bonds is 5. The summed E-state index contributed by atoms with van der Waals surface area (Å²) in [6.07, 6.45) is 5.60. The summed E-state index contributed by atoms with van der Waals surface area (Å²) in [6.45, 7) is 3.75. The van der Waals surface area contributed by atoms with Gasteiger partial charge in [0.2, 0.25) is 11.8 Å². The Morgan fingerprint density at radius 2 is 1.96 bits per heavy atom. The number of aryl methyl sites for hydroxylation is 1. The molecular formula is C18H26BrN3O2. The number of anilines is 2. The van der Waals surface area contributed by atoms with Crippen molar-refractivity contribution in [3.63, 3.8) is 0 Å². The Hall–Kier alpha value is -1.56. The molecule has 1 saturated carbocycles. The molecule has 6 heteroatoms. The highest BCUT2D eigenvalue weighted by Crippen LogP contribution is 2.28. The molecule has 1 aliphatic rings. The zero-order chi connectivity index (χ0) is 17.7. The second-order valence-electron chi connectivity index (χ2n) is 6.68. The summed E-state index contributed by atoms with van der Waals surface area (Å²) in [7, 11) is 0. The second-order valence-corrected chi connectivity index (χ2v) is 7.60. The summed E-state index contributed by atoms with van der Waals surface area (Å²) in [6, 6.07) is 3.48. The molecule has 0 spiro atoms. The molecule has 132 valence electrons. The Labute approximate surface area is 151 Å². The number of hydrogen-bond acceptors (Lipinski definition) is 3. The Kier molecular flexibility index (Phi) is 6.66. The molecular weight excluding hydrogens is 370 g/mol. The van der Waals surface area contributed by atoms with Gasteiger partial charge in [0.05, 0.1) is 11.4 Å². The van der Waals surface area contributed by atoms with Crippen LogP contribution >= 0.6 is 15.9 Å². The maximum absolute atomic E-state index is 12.2. The van der Waals surface area contributed by atoms with Gasteiger partial charge in [-0.05, 0) is 44.4 Å². The van der Waals surface area contributed by atoms with Gasteiger partial charge in [0.1, 0.15) is 0 Å². The maximum Gasteiger partial charge on any atom is 0.226 e. The van der Waals surface area contributed by atoms with Gasteiger partial charge < -0.3 is 16.4 Å². The van der Waals surface area contributed by atoms with E-state index in [1.54, 1.807) is 6.07 Å². The van der Waals surface area contributed by atoms with E-state index in [0.717, 1.165) is 35.7 Å². The SMILES string of the molecule is Cc1cc(Br)cc(NC(=O)CC(C)NC(=O)C2CCCCC2)c1N. The molecule has 24 heavy (non-hydrogen) atoms. The average Bonchev–Trinajstić information content (AvgIpc) is 2.52. The van der Waals surface area contributed by atoms with Crippen LogP contribution in [0.3, 0.4) is 0 Å². The highest BCUT2D eigenvalue weighted by Gasteiger charge is 2.23. The van der Waals surface area contributed by atoms with Crippen LogP contribution in [0.1, 0.15) is 51.0 Å². The molecule has 5 nitrogen and oxygen atoms in total. The van der Waals surface area contributed by atoms with Crippen molar-refractivity contribution in [2.24, 2.45) is 5.92 Å².